The summed E-state index contributed by atoms with van der Waals surface area (Å²) >= 11 is -0.0903. The van der Waals surface area contributed by atoms with Crippen LogP contribution in [-0.4, -0.2) is 5.23 Å². The minimum atomic E-state index is -0.0903. The molecule has 2 aliphatic rings. The minimum absolute atomic E-state index is 0. The number of halogens is 1. The summed E-state index contributed by atoms with van der Waals surface area (Å²) in [6.45, 7) is 0. The van der Waals surface area contributed by atoms with Gasteiger partial charge in [-0.1, -0.05) is 64.2 Å². The maximum absolute atomic E-state index is 4.98. The van der Waals surface area contributed by atoms with Crippen LogP contribution in [0.5, 0.6) is 0 Å². The molecule has 2 fully saturated rings. The number of hydrogen-bond donors (Lipinski definition) is 0. The van der Waals surface area contributed by atoms with Gasteiger partial charge in [0.15, 0.2) is 0 Å². The topological polar surface area (TPSA) is 0 Å². The summed E-state index contributed by atoms with van der Waals surface area (Å²) < 4.78 is 0. The SMILES string of the molecule is C1CCCC1.C1CCCC1.[CH2]=[V][Cl].[CH3-].[CH3-]. The Morgan fingerprint density at radius 2 is 0.667 bits per heavy atom. The average Bonchev–Trinajstić information content (AvgIpc) is 2.85. The Morgan fingerprint density at radius 1 is 0.600 bits per heavy atom. The van der Waals surface area contributed by atoms with E-state index < -0.39 is 0 Å². The van der Waals surface area contributed by atoms with E-state index in [1.165, 1.54) is 64.2 Å². The molecule has 0 aromatic carbocycles. The Hall–Kier alpha value is 0.744. The molecule has 0 saturated heterocycles. The third-order valence-corrected chi connectivity index (χ3v) is 2.50. The molecular weight excluding hydrogens is 243 g/mol. The van der Waals surface area contributed by atoms with Crippen molar-refractivity contribution in [1.29, 1.82) is 0 Å². The first-order chi connectivity index (χ1) is 6.41. The Morgan fingerprint density at radius 3 is 0.733 bits per heavy atom. The van der Waals surface area contributed by atoms with Crippen LogP contribution in [0.25, 0.3) is 0 Å². The molecule has 0 radical (unpaired) electrons. The van der Waals surface area contributed by atoms with Crippen molar-refractivity contribution < 1.29 is 14.9 Å². The fourth-order valence-corrected chi connectivity index (χ4v) is 1.77. The Balaban J connectivity index is -0.000000140. The summed E-state index contributed by atoms with van der Waals surface area (Å²) in [5.74, 6) is 0. The van der Waals surface area contributed by atoms with Crippen molar-refractivity contribution in [2.45, 2.75) is 64.2 Å². The summed E-state index contributed by atoms with van der Waals surface area (Å²) in [6, 6.07) is 0. The first kappa shape index (κ1) is 21.1. The van der Waals surface area contributed by atoms with E-state index >= 15 is 0 Å². The van der Waals surface area contributed by atoms with Gasteiger partial charge in [-0.15, -0.1) is 0 Å². The van der Waals surface area contributed by atoms with Crippen LogP contribution in [0.15, 0.2) is 0 Å². The second kappa shape index (κ2) is 20.2. The van der Waals surface area contributed by atoms with E-state index in [9.17, 15) is 0 Å². The maximum Gasteiger partial charge on any atom is -0.358 e. The van der Waals surface area contributed by atoms with Crippen LogP contribution in [0.2, 0.25) is 0 Å². The standard InChI is InChI=1S/2C5H10.2CH3.CH2.ClH.V/c2*1-2-4-5-3-1;;;;;/h2*1-5H2;2*1H3;1H2;1H;/q;;2*-1;;;+1/p-1. The van der Waals surface area contributed by atoms with Gasteiger partial charge in [-0.3, -0.25) is 0 Å². The van der Waals surface area contributed by atoms with E-state index in [-0.39, 0.29) is 29.7 Å². The van der Waals surface area contributed by atoms with Crippen LogP contribution in [0.1, 0.15) is 64.2 Å². The van der Waals surface area contributed by atoms with Gasteiger partial charge in [-0.25, -0.2) is 0 Å². The van der Waals surface area contributed by atoms with Crippen molar-refractivity contribution in [3.8, 4) is 0 Å². The van der Waals surface area contributed by atoms with Crippen LogP contribution in [0, 0.1) is 14.9 Å². The molecule has 0 spiro atoms. The van der Waals surface area contributed by atoms with E-state index in [1.54, 1.807) is 0 Å². The molecule has 0 atom stereocenters. The maximum atomic E-state index is 4.98. The van der Waals surface area contributed by atoms with Crippen LogP contribution in [0.3, 0.4) is 0 Å². The van der Waals surface area contributed by atoms with Gasteiger partial charge in [-0.2, -0.15) is 0 Å². The fourth-order valence-electron chi connectivity index (χ4n) is 1.77. The van der Waals surface area contributed by atoms with Crippen LogP contribution in [-0.2, 0) is 14.9 Å². The van der Waals surface area contributed by atoms with Gasteiger partial charge in [0, 0.05) is 0 Å². The van der Waals surface area contributed by atoms with Crippen LogP contribution < -0.4 is 0 Å². The van der Waals surface area contributed by atoms with Gasteiger partial charge in [0.2, 0.25) is 0 Å². The van der Waals surface area contributed by atoms with Crippen molar-refractivity contribution in [3.05, 3.63) is 14.9 Å². The molecular formula is C13H28ClV-2. The predicted molar refractivity (Wildman–Crippen MR) is 72.0 cm³/mol. The van der Waals surface area contributed by atoms with Crippen molar-refractivity contribution in [1.82, 2.24) is 0 Å². The van der Waals surface area contributed by atoms with Crippen LogP contribution in [0.4, 0.5) is 0 Å². The molecule has 0 heterocycles. The van der Waals surface area contributed by atoms with Crippen molar-refractivity contribution >= 4 is 15.1 Å². The molecule has 15 heavy (non-hydrogen) atoms. The minimum Gasteiger partial charge on any atom is -0.358 e. The molecule has 0 nitrogen and oxygen atoms in total. The molecule has 0 bridgehead atoms. The smallest absolute Gasteiger partial charge is 0.358 e. The van der Waals surface area contributed by atoms with Gasteiger partial charge < -0.3 is 14.9 Å². The van der Waals surface area contributed by atoms with Crippen molar-refractivity contribution in [2.75, 3.05) is 0 Å². The van der Waals surface area contributed by atoms with Crippen molar-refractivity contribution in [3.63, 3.8) is 0 Å². The average molecular weight is 271 g/mol. The van der Waals surface area contributed by atoms with Gasteiger partial charge in [0.25, 0.3) is 0 Å². The predicted octanol–water partition coefficient (Wildman–Crippen LogP) is 5.46. The second-order valence-corrected chi connectivity index (χ2v) is 5.01. The van der Waals surface area contributed by atoms with Gasteiger partial charge in [-0.05, 0) is 0 Å². The molecule has 94 valence electrons. The molecule has 0 aliphatic heterocycles. The summed E-state index contributed by atoms with van der Waals surface area (Å²) in [4.78, 5) is 0. The molecule has 0 aromatic rings. The zero-order chi connectivity index (χ0) is 9.78. The van der Waals surface area contributed by atoms with E-state index in [1.807, 2.05) is 0 Å². The fraction of sp³-hybridized carbons (Fsp3) is 0.769. The third-order valence-electron chi connectivity index (χ3n) is 2.50. The largest absolute Gasteiger partial charge is 0.358 e. The van der Waals surface area contributed by atoms with E-state index in [0.717, 1.165) is 0 Å². The van der Waals surface area contributed by atoms with Crippen LogP contribution >= 0.6 is 9.85 Å². The molecule has 0 N–H and O–H groups in total. The number of rotatable bonds is 0. The molecule has 2 rings (SSSR count). The number of hydrogen-bond acceptors (Lipinski definition) is 0. The zero-order valence-electron chi connectivity index (χ0n) is 10.6. The van der Waals surface area contributed by atoms with E-state index in [2.05, 4.69) is 5.23 Å². The quantitative estimate of drug-likeness (QED) is 0.513. The summed E-state index contributed by atoms with van der Waals surface area (Å²) in [5.41, 5.74) is 0. The zero-order valence-corrected chi connectivity index (χ0v) is 12.8. The van der Waals surface area contributed by atoms with Gasteiger partial charge in [0.05, 0.1) is 0 Å². The van der Waals surface area contributed by atoms with E-state index in [0.29, 0.717) is 0 Å². The first-order valence-electron chi connectivity index (χ1n) is 5.49. The third kappa shape index (κ3) is 20.7. The molecule has 0 unspecified atom stereocenters. The Labute approximate surface area is 109 Å². The molecule has 0 amide bonds. The Kier molecular flexibility index (Phi) is 28.4. The summed E-state index contributed by atoms with van der Waals surface area (Å²) in [5, 5.41) is 3.35. The normalized spacial score (nSPS) is 16.9. The summed E-state index contributed by atoms with van der Waals surface area (Å²) in [7, 11) is 4.98. The second-order valence-electron chi connectivity index (χ2n) is 3.66. The summed E-state index contributed by atoms with van der Waals surface area (Å²) in [6.07, 6.45) is 15.0. The van der Waals surface area contributed by atoms with E-state index in [4.69, 9.17) is 9.85 Å². The molecule has 2 saturated carbocycles. The first-order valence-corrected chi connectivity index (χ1v) is 8.39. The van der Waals surface area contributed by atoms with Gasteiger partial charge >= 0.3 is 30.0 Å². The molecule has 0 aromatic heterocycles. The van der Waals surface area contributed by atoms with Crippen molar-refractivity contribution in [2.24, 2.45) is 0 Å². The monoisotopic (exact) mass is 270 g/mol. The Bertz CT molecular complexity index is 71.5. The van der Waals surface area contributed by atoms with Gasteiger partial charge in [0.1, 0.15) is 0 Å². The molecule has 2 heteroatoms. The molecule has 2 aliphatic carbocycles.